The van der Waals surface area contributed by atoms with Crippen LogP contribution in [0.3, 0.4) is 0 Å². The third-order valence-electron chi connectivity index (χ3n) is 2.61. The second-order valence-electron chi connectivity index (χ2n) is 4.20. The van der Waals surface area contributed by atoms with E-state index in [9.17, 15) is 17.6 Å². The lowest BCUT2D eigenvalue weighted by Crippen LogP contribution is -2.39. The van der Waals surface area contributed by atoms with Crippen molar-refractivity contribution in [3.05, 3.63) is 35.9 Å². The van der Waals surface area contributed by atoms with Crippen LogP contribution in [0.2, 0.25) is 0 Å². The number of hydrogen-bond acceptors (Lipinski definition) is 5. The second kappa shape index (κ2) is 6.69. The number of halogens is 1. The van der Waals surface area contributed by atoms with E-state index in [4.69, 9.17) is 0 Å². The van der Waals surface area contributed by atoms with Gasteiger partial charge >= 0.3 is 11.3 Å². The first-order valence-electron chi connectivity index (χ1n) is 6.06. The summed E-state index contributed by atoms with van der Waals surface area (Å²) in [5.74, 6) is 0. The van der Waals surface area contributed by atoms with E-state index in [0.29, 0.717) is 6.26 Å². The molecule has 1 atom stereocenters. The highest BCUT2D eigenvalue weighted by molar-refractivity contribution is 7.91. The Balaban J connectivity index is 2.82. The van der Waals surface area contributed by atoms with Gasteiger partial charge in [0.05, 0.1) is 6.61 Å². The van der Waals surface area contributed by atoms with Gasteiger partial charge in [0.15, 0.2) is 0 Å². The first-order chi connectivity index (χ1) is 9.28. The smallest absolute Gasteiger partial charge is 0.434 e. The summed E-state index contributed by atoms with van der Waals surface area (Å²) in [4.78, 5) is 11.2. The van der Waals surface area contributed by atoms with Gasteiger partial charge in [-0.1, -0.05) is 30.3 Å². The molecule has 5 nitrogen and oxygen atoms in total. The number of alkyl halides is 1. The first kappa shape index (κ1) is 16.4. The molecule has 0 spiro atoms. The monoisotopic (exact) mass is 304 g/mol. The van der Waals surface area contributed by atoms with Gasteiger partial charge < -0.3 is 9.47 Å². The van der Waals surface area contributed by atoms with Gasteiger partial charge in [-0.25, -0.2) is 13.2 Å². The molecule has 0 aliphatic heterocycles. The highest BCUT2D eigenvalue weighted by Crippen LogP contribution is 2.27. The Morgan fingerprint density at radius 1 is 1.30 bits per heavy atom. The lowest BCUT2D eigenvalue weighted by Gasteiger charge is -2.22. The molecule has 112 valence electrons. The molecule has 20 heavy (non-hydrogen) atoms. The van der Waals surface area contributed by atoms with Crippen LogP contribution >= 0.6 is 0 Å². The Kier molecular flexibility index (Phi) is 5.50. The van der Waals surface area contributed by atoms with Crippen molar-refractivity contribution in [3.8, 4) is 0 Å². The summed E-state index contributed by atoms with van der Waals surface area (Å²) >= 11 is 0. The maximum atomic E-state index is 14.4. The Morgan fingerprint density at radius 3 is 2.40 bits per heavy atom. The molecule has 0 saturated heterocycles. The predicted octanol–water partition coefficient (Wildman–Crippen LogP) is 2.46. The summed E-state index contributed by atoms with van der Waals surface area (Å²) in [7, 11) is -4.24. The fraction of sp³-hybridized carbons (Fsp3) is 0.462. The molecule has 7 heteroatoms. The minimum atomic E-state index is -4.24. The van der Waals surface area contributed by atoms with Crippen molar-refractivity contribution in [1.29, 1.82) is 0 Å². The summed E-state index contributed by atoms with van der Waals surface area (Å²) in [6.07, 6.45) is -1.04. The average molecular weight is 304 g/mol. The summed E-state index contributed by atoms with van der Waals surface area (Å²) < 4.78 is 46.2. The molecule has 0 aliphatic rings. The van der Waals surface area contributed by atoms with E-state index in [1.807, 2.05) is 0 Å². The predicted molar refractivity (Wildman–Crippen MR) is 71.6 cm³/mol. The van der Waals surface area contributed by atoms with Crippen LogP contribution in [-0.4, -0.2) is 32.6 Å². The molecule has 0 saturated carbocycles. The first-order valence-corrected chi connectivity index (χ1v) is 7.96. The lowest BCUT2D eigenvalue weighted by atomic mass is 10.1. The third-order valence-corrected chi connectivity index (χ3v) is 4.00. The highest BCUT2D eigenvalue weighted by atomic mass is 32.2. The van der Waals surface area contributed by atoms with Gasteiger partial charge in [-0.3, -0.25) is 0 Å². The maximum absolute atomic E-state index is 14.4. The number of rotatable bonds is 6. The van der Waals surface area contributed by atoms with E-state index >= 15 is 0 Å². The van der Waals surface area contributed by atoms with Gasteiger partial charge in [0.25, 0.3) is 0 Å². The summed E-state index contributed by atoms with van der Waals surface area (Å²) in [6, 6.07) is 8.75. The SMILES string of the molecule is CCOC(=O)OC(F)(CCc1ccccc1)S(C)(=O)=O. The van der Waals surface area contributed by atoms with Crippen molar-refractivity contribution in [2.45, 2.75) is 25.0 Å². The zero-order valence-electron chi connectivity index (χ0n) is 11.3. The number of aryl methyl sites for hydroxylation is 1. The number of ether oxygens (including phenoxy) is 2. The van der Waals surface area contributed by atoms with Crippen LogP contribution in [0.5, 0.6) is 0 Å². The standard InChI is InChI=1S/C13H17FO5S/c1-3-18-12(15)19-13(14,20(2,16)17)10-9-11-7-5-4-6-8-11/h4-8H,3,9-10H2,1-2H3. The fourth-order valence-corrected chi connectivity index (χ4v) is 2.21. The Bertz CT molecular complexity index is 543. The summed E-state index contributed by atoms with van der Waals surface area (Å²) in [6.45, 7) is 1.48. The topological polar surface area (TPSA) is 69.7 Å². The molecular weight excluding hydrogens is 287 g/mol. The minimum Gasteiger partial charge on any atom is -0.434 e. The van der Waals surface area contributed by atoms with Gasteiger partial charge in [-0.2, -0.15) is 4.39 Å². The molecule has 0 heterocycles. The Labute approximate surface area is 117 Å². The molecular formula is C13H17FO5S. The van der Waals surface area contributed by atoms with Crippen LogP contribution in [0.25, 0.3) is 0 Å². The van der Waals surface area contributed by atoms with Crippen molar-refractivity contribution in [3.63, 3.8) is 0 Å². The maximum Gasteiger partial charge on any atom is 0.511 e. The van der Waals surface area contributed by atoms with Crippen molar-refractivity contribution in [2.75, 3.05) is 12.9 Å². The summed E-state index contributed by atoms with van der Waals surface area (Å²) in [5.41, 5.74) is 0.741. The van der Waals surface area contributed by atoms with Crippen LogP contribution in [0.15, 0.2) is 30.3 Å². The quantitative estimate of drug-likeness (QED) is 0.755. The molecule has 0 radical (unpaired) electrons. The normalized spacial score (nSPS) is 14.3. The van der Waals surface area contributed by atoms with E-state index in [1.165, 1.54) is 6.92 Å². The van der Waals surface area contributed by atoms with Gasteiger partial charge in [0.2, 0.25) is 9.84 Å². The molecule has 1 rings (SSSR count). The van der Waals surface area contributed by atoms with Gasteiger partial charge in [-0.05, 0) is 18.9 Å². The largest absolute Gasteiger partial charge is 0.511 e. The number of sulfone groups is 1. The van der Waals surface area contributed by atoms with E-state index in [0.717, 1.165) is 5.56 Å². The van der Waals surface area contributed by atoms with Crippen LogP contribution in [0, 0.1) is 0 Å². The average Bonchev–Trinajstić information content (AvgIpc) is 2.36. The summed E-state index contributed by atoms with van der Waals surface area (Å²) in [5, 5.41) is -3.09. The van der Waals surface area contributed by atoms with E-state index < -0.39 is 27.6 Å². The van der Waals surface area contributed by atoms with Crippen molar-refractivity contribution >= 4 is 16.0 Å². The zero-order valence-corrected chi connectivity index (χ0v) is 12.2. The molecule has 1 unspecified atom stereocenters. The van der Waals surface area contributed by atoms with Crippen molar-refractivity contribution in [2.24, 2.45) is 0 Å². The molecule has 0 fully saturated rings. The number of benzene rings is 1. The number of hydrogen-bond donors (Lipinski definition) is 0. The van der Waals surface area contributed by atoms with Crippen LogP contribution in [0.1, 0.15) is 18.9 Å². The molecule has 0 N–H and O–H groups in total. The van der Waals surface area contributed by atoms with E-state index in [2.05, 4.69) is 9.47 Å². The molecule has 0 amide bonds. The number of carbonyl (C=O) groups is 1. The molecule has 0 aromatic heterocycles. The zero-order chi connectivity index (χ0) is 15.2. The fourth-order valence-electron chi connectivity index (χ4n) is 1.52. The van der Waals surface area contributed by atoms with E-state index in [-0.39, 0.29) is 13.0 Å². The molecule has 0 aliphatic carbocycles. The van der Waals surface area contributed by atoms with Crippen LogP contribution < -0.4 is 0 Å². The third kappa shape index (κ3) is 4.48. The molecule has 0 bridgehead atoms. The lowest BCUT2D eigenvalue weighted by molar-refractivity contribution is -0.0635. The highest BCUT2D eigenvalue weighted by Gasteiger charge is 2.45. The molecule has 1 aromatic carbocycles. The Hall–Kier alpha value is -1.63. The van der Waals surface area contributed by atoms with Crippen molar-refractivity contribution in [1.82, 2.24) is 0 Å². The van der Waals surface area contributed by atoms with Crippen molar-refractivity contribution < 1.29 is 27.1 Å². The Morgan fingerprint density at radius 2 is 1.90 bits per heavy atom. The second-order valence-corrected chi connectivity index (χ2v) is 6.36. The number of carbonyl (C=O) groups excluding carboxylic acids is 1. The van der Waals surface area contributed by atoms with Gasteiger partial charge in [-0.15, -0.1) is 0 Å². The van der Waals surface area contributed by atoms with Crippen LogP contribution in [-0.2, 0) is 25.7 Å². The van der Waals surface area contributed by atoms with E-state index in [1.54, 1.807) is 30.3 Å². The van der Waals surface area contributed by atoms with Gasteiger partial charge in [0, 0.05) is 12.7 Å². The van der Waals surface area contributed by atoms with Crippen LogP contribution in [0.4, 0.5) is 9.18 Å². The molecule has 1 aromatic rings. The van der Waals surface area contributed by atoms with Gasteiger partial charge in [0.1, 0.15) is 0 Å². The minimum absolute atomic E-state index is 0.0304.